The Morgan fingerprint density at radius 1 is 1.43 bits per heavy atom. The molecule has 0 aliphatic carbocycles. The maximum atomic E-state index is 11.8. The van der Waals surface area contributed by atoms with Gasteiger partial charge in [-0.3, -0.25) is 9.59 Å². The highest BCUT2D eigenvalue weighted by molar-refractivity contribution is 9.10. The summed E-state index contributed by atoms with van der Waals surface area (Å²) in [5.74, 6) is 0.211. The Balaban J connectivity index is 2.37. The molecule has 0 bridgehead atoms. The average molecular weight is 372 g/mol. The number of thioether (sulfide) groups is 1. The lowest BCUT2D eigenvalue weighted by atomic mass is 10.2. The molecular weight excluding hydrogens is 358 g/mol. The number of amidine groups is 1. The molecule has 1 aliphatic heterocycles. The third kappa shape index (κ3) is 3.56. The largest absolute Gasteiger partial charge is 0.496 e. The molecule has 1 unspecified atom stereocenters. The first-order chi connectivity index (χ1) is 9.92. The molecule has 6 nitrogen and oxygen atoms in total. The fourth-order valence-corrected chi connectivity index (χ4v) is 3.40. The highest BCUT2D eigenvalue weighted by Gasteiger charge is 2.34. The maximum Gasteiger partial charge on any atom is 0.241 e. The molecule has 1 heterocycles. The first-order valence-electron chi connectivity index (χ1n) is 6.08. The topological polar surface area (TPSA) is 71.0 Å². The highest BCUT2D eigenvalue weighted by Crippen LogP contribution is 2.43. The van der Waals surface area contributed by atoms with Gasteiger partial charge in [-0.2, -0.15) is 0 Å². The van der Waals surface area contributed by atoms with E-state index in [0.29, 0.717) is 10.9 Å². The van der Waals surface area contributed by atoms with Gasteiger partial charge in [0, 0.05) is 23.9 Å². The van der Waals surface area contributed by atoms with Gasteiger partial charge in [-0.1, -0.05) is 27.7 Å². The van der Waals surface area contributed by atoms with Crippen molar-refractivity contribution in [2.45, 2.75) is 19.2 Å². The van der Waals surface area contributed by atoms with Gasteiger partial charge in [0.1, 0.15) is 11.1 Å². The molecule has 21 heavy (non-hydrogen) atoms. The molecule has 2 amide bonds. The second kappa shape index (κ2) is 6.48. The zero-order chi connectivity index (χ0) is 15.6. The first kappa shape index (κ1) is 15.8. The minimum absolute atomic E-state index is 0.213. The van der Waals surface area contributed by atoms with Crippen molar-refractivity contribution in [3.05, 3.63) is 28.2 Å². The van der Waals surface area contributed by atoms with Crippen LogP contribution in [0.15, 0.2) is 27.8 Å². The Bertz CT molecular complexity index is 621. The molecule has 1 atom stereocenters. The Morgan fingerprint density at radius 2 is 2.14 bits per heavy atom. The van der Waals surface area contributed by atoms with Gasteiger partial charge in [0.2, 0.25) is 11.8 Å². The number of halogens is 1. The Hall–Kier alpha value is -1.54. The van der Waals surface area contributed by atoms with E-state index in [1.165, 1.54) is 30.6 Å². The number of hydrogen-bond donors (Lipinski definition) is 1. The monoisotopic (exact) mass is 371 g/mol. The van der Waals surface area contributed by atoms with Crippen LogP contribution >= 0.6 is 27.7 Å². The van der Waals surface area contributed by atoms with Crippen LogP contribution in [0, 0.1) is 0 Å². The summed E-state index contributed by atoms with van der Waals surface area (Å²) in [5, 5.41) is 8.11. The molecule has 112 valence electrons. The summed E-state index contributed by atoms with van der Waals surface area (Å²) in [7, 11) is 1.57. The van der Waals surface area contributed by atoms with Crippen LogP contribution < -0.4 is 10.1 Å². The molecule has 1 aromatic carbocycles. The van der Waals surface area contributed by atoms with E-state index in [0.717, 1.165) is 10.0 Å². The third-order valence-corrected chi connectivity index (χ3v) is 4.28. The summed E-state index contributed by atoms with van der Waals surface area (Å²) in [6, 6.07) is 5.54. The molecule has 1 aromatic rings. The maximum absolute atomic E-state index is 11.8. The number of ether oxygens (including phenoxy) is 1. The molecule has 1 aliphatic rings. The number of hydrogen-bond acceptors (Lipinski definition) is 5. The van der Waals surface area contributed by atoms with Gasteiger partial charge in [0.15, 0.2) is 5.17 Å². The number of nitrogens with one attached hydrogen (secondary N) is 1. The van der Waals surface area contributed by atoms with Gasteiger partial charge in [-0.05, 0) is 18.2 Å². The third-order valence-electron chi connectivity index (χ3n) is 2.71. The van der Waals surface area contributed by atoms with Crippen molar-refractivity contribution in [1.82, 2.24) is 10.3 Å². The van der Waals surface area contributed by atoms with E-state index in [-0.39, 0.29) is 17.2 Å². The molecule has 8 heteroatoms. The molecule has 0 saturated carbocycles. The van der Waals surface area contributed by atoms with Gasteiger partial charge < -0.3 is 10.1 Å². The molecule has 2 rings (SSSR count). The lowest BCUT2D eigenvalue weighted by Crippen LogP contribution is -2.25. The predicted octanol–water partition coefficient (Wildman–Crippen LogP) is 2.46. The van der Waals surface area contributed by atoms with E-state index in [4.69, 9.17) is 4.74 Å². The van der Waals surface area contributed by atoms with E-state index in [2.05, 4.69) is 26.3 Å². The lowest BCUT2D eigenvalue weighted by Gasteiger charge is -2.21. The van der Waals surface area contributed by atoms with Gasteiger partial charge in [0.05, 0.1) is 7.11 Å². The van der Waals surface area contributed by atoms with E-state index < -0.39 is 0 Å². The first-order valence-corrected chi connectivity index (χ1v) is 7.75. The standard InChI is InChI=1S/C13H14BrN3O3S/c1-7(18)15-13-16-17(8(2)19)12(21-13)10-6-9(14)4-5-11(10)20-3/h4-6,12H,1-3H3,(H,15,16,18). The van der Waals surface area contributed by atoms with E-state index >= 15 is 0 Å². The van der Waals surface area contributed by atoms with Crippen LogP contribution in [0.3, 0.4) is 0 Å². The van der Waals surface area contributed by atoms with Gasteiger partial charge in [-0.25, -0.2) is 5.01 Å². The quantitative estimate of drug-likeness (QED) is 0.866. The number of carbonyl (C=O) groups is 2. The second-order valence-corrected chi connectivity index (χ2v) is 6.29. The average Bonchev–Trinajstić information content (AvgIpc) is 2.81. The van der Waals surface area contributed by atoms with Crippen LogP contribution in [-0.2, 0) is 9.59 Å². The summed E-state index contributed by atoms with van der Waals surface area (Å²) in [4.78, 5) is 22.9. The van der Waals surface area contributed by atoms with Crippen molar-refractivity contribution >= 4 is 44.7 Å². The number of benzene rings is 1. The minimum Gasteiger partial charge on any atom is -0.496 e. The Labute approximate surface area is 135 Å². The van der Waals surface area contributed by atoms with E-state index in [1.54, 1.807) is 7.11 Å². The van der Waals surface area contributed by atoms with Crippen LogP contribution in [-0.4, -0.2) is 29.1 Å². The van der Waals surface area contributed by atoms with Crippen molar-refractivity contribution in [1.29, 1.82) is 0 Å². The van der Waals surface area contributed by atoms with Crippen LogP contribution in [0.25, 0.3) is 0 Å². The number of hydrazone groups is 1. The highest BCUT2D eigenvalue weighted by atomic mass is 79.9. The smallest absolute Gasteiger partial charge is 0.241 e. The van der Waals surface area contributed by atoms with Crippen molar-refractivity contribution in [3.8, 4) is 5.75 Å². The molecule has 0 radical (unpaired) electrons. The number of nitrogens with zero attached hydrogens (tertiary/aromatic N) is 2. The summed E-state index contributed by atoms with van der Waals surface area (Å²) < 4.78 is 6.22. The Kier molecular flexibility index (Phi) is 4.89. The molecule has 0 aromatic heterocycles. The van der Waals surface area contributed by atoms with Crippen LogP contribution in [0.2, 0.25) is 0 Å². The van der Waals surface area contributed by atoms with Crippen molar-refractivity contribution in [3.63, 3.8) is 0 Å². The van der Waals surface area contributed by atoms with Crippen molar-refractivity contribution < 1.29 is 14.3 Å². The number of carbonyl (C=O) groups excluding carboxylic acids is 2. The van der Waals surface area contributed by atoms with Gasteiger partial charge in [0.25, 0.3) is 0 Å². The van der Waals surface area contributed by atoms with Gasteiger partial charge >= 0.3 is 0 Å². The van der Waals surface area contributed by atoms with E-state index in [1.807, 2.05) is 18.2 Å². The molecule has 0 fully saturated rings. The van der Waals surface area contributed by atoms with Crippen LogP contribution in [0.4, 0.5) is 0 Å². The lowest BCUT2D eigenvalue weighted by molar-refractivity contribution is -0.129. The van der Waals surface area contributed by atoms with Crippen LogP contribution in [0.1, 0.15) is 24.8 Å². The van der Waals surface area contributed by atoms with E-state index in [9.17, 15) is 9.59 Å². The van der Waals surface area contributed by atoms with Crippen molar-refractivity contribution in [2.75, 3.05) is 7.11 Å². The minimum atomic E-state index is -0.378. The fraction of sp³-hybridized carbons (Fsp3) is 0.308. The Morgan fingerprint density at radius 3 is 2.71 bits per heavy atom. The number of amides is 2. The van der Waals surface area contributed by atoms with Crippen molar-refractivity contribution in [2.24, 2.45) is 5.10 Å². The number of methoxy groups -OCH3 is 1. The molecule has 0 saturated heterocycles. The van der Waals surface area contributed by atoms with Gasteiger partial charge in [-0.15, -0.1) is 5.10 Å². The molecule has 0 spiro atoms. The summed E-state index contributed by atoms with van der Waals surface area (Å²) in [5.41, 5.74) is 0.802. The normalized spacial score (nSPS) is 17.4. The zero-order valence-electron chi connectivity index (χ0n) is 11.7. The second-order valence-electron chi connectivity index (χ2n) is 4.31. The SMILES string of the molecule is COc1ccc(Br)cc1C1SC(NC(C)=O)=NN1C(C)=O. The summed E-state index contributed by atoms with van der Waals surface area (Å²) >= 11 is 4.70. The summed E-state index contributed by atoms with van der Waals surface area (Å²) in [6.07, 6.45) is 0. The molecule has 1 N–H and O–H groups in total. The van der Waals surface area contributed by atoms with Crippen LogP contribution in [0.5, 0.6) is 5.75 Å². The fourth-order valence-electron chi connectivity index (χ4n) is 1.86. The predicted molar refractivity (Wildman–Crippen MR) is 84.8 cm³/mol. The summed E-state index contributed by atoms with van der Waals surface area (Å²) in [6.45, 7) is 2.83. The zero-order valence-corrected chi connectivity index (χ0v) is 14.1. The number of rotatable bonds is 2. The molecular formula is C13H14BrN3O3S.